The van der Waals surface area contributed by atoms with Crippen molar-refractivity contribution in [3.8, 4) is 5.75 Å². The van der Waals surface area contributed by atoms with Gasteiger partial charge in [0.25, 0.3) is 0 Å². The Morgan fingerprint density at radius 1 is 1.03 bits per heavy atom. The topological polar surface area (TPSA) is 98.5 Å². The number of aromatic nitrogens is 4. The minimum Gasteiger partial charge on any atom is -0.497 e. The summed E-state index contributed by atoms with van der Waals surface area (Å²) in [5, 5.41) is 12.0. The molecule has 2 heterocycles. The largest absolute Gasteiger partial charge is 0.497 e. The maximum atomic E-state index is 13.3. The van der Waals surface area contributed by atoms with E-state index in [0.717, 1.165) is 21.2 Å². The van der Waals surface area contributed by atoms with E-state index in [9.17, 15) is 8.42 Å². The summed E-state index contributed by atoms with van der Waals surface area (Å²) in [7, 11) is -2.30. The minimum absolute atomic E-state index is 0.119. The van der Waals surface area contributed by atoms with Crippen LogP contribution in [-0.2, 0) is 16.4 Å². The van der Waals surface area contributed by atoms with E-state index in [4.69, 9.17) is 4.74 Å². The highest BCUT2D eigenvalue weighted by atomic mass is 79.9. The van der Waals surface area contributed by atoms with E-state index in [1.165, 1.54) is 16.6 Å². The molecule has 0 aliphatic rings. The Morgan fingerprint density at radius 2 is 1.82 bits per heavy atom. The predicted octanol–water partition coefficient (Wildman–Crippen LogP) is 4.49. The van der Waals surface area contributed by atoms with Crippen LogP contribution in [0.25, 0.3) is 16.6 Å². The van der Waals surface area contributed by atoms with Gasteiger partial charge in [-0.05, 0) is 54.1 Å². The van der Waals surface area contributed by atoms with Crippen LogP contribution >= 0.6 is 15.9 Å². The van der Waals surface area contributed by atoms with Gasteiger partial charge in [-0.2, -0.15) is 4.52 Å². The molecule has 10 heteroatoms. The van der Waals surface area contributed by atoms with E-state index in [0.29, 0.717) is 17.9 Å². The Hall–Kier alpha value is -3.50. The summed E-state index contributed by atoms with van der Waals surface area (Å²) < 4.78 is 34.2. The number of ether oxygens (including phenoxy) is 1. The first kappa shape index (κ1) is 21.4. The Balaban J connectivity index is 1.62. The molecule has 5 rings (SSSR count). The molecule has 166 valence electrons. The van der Waals surface area contributed by atoms with Gasteiger partial charge in [0.2, 0.25) is 14.9 Å². The van der Waals surface area contributed by atoms with Crippen LogP contribution in [-0.4, -0.2) is 35.3 Å². The summed E-state index contributed by atoms with van der Waals surface area (Å²) in [5.74, 6) is 1.29. The average Bonchev–Trinajstić information content (AvgIpc) is 3.28. The van der Waals surface area contributed by atoms with Crippen molar-refractivity contribution in [1.82, 2.24) is 19.8 Å². The molecule has 33 heavy (non-hydrogen) atoms. The lowest BCUT2D eigenvalue weighted by atomic mass is 10.2. The maximum Gasteiger partial charge on any atom is 0.229 e. The molecule has 2 aromatic heterocycles. The zero-order chi connectivity index (χ0) is 23.0. The number of fused-ring (bicyclic) bond motifs is 3. The molecule has 8 nitrogen and oxygen atoms in total. The molecule has 0 unspecified atom stereocenters. The lowest BCUT2D eigenvalue weighted by Crippen LogP contribution is -2.07. The number of anilines is 1. The number of methoxy groups -OCH3 is 1. The molecular weight excluding hydrogens is 506 g/mol. The van der Waals surface area contributed by atoms with E-state index in [1.807, 2.05) is 48.5 Å². The third kappa shape index (κ3) is 3.91. The van der Waals surface area contributed by atoms with Gasteiger partial charge in [0.1, 0.15) is 11.6 Å². The van der Waals surface area contributed by atoms with Crippen LogP contribution in [0.5, 0.6) is 5.75 Å². The molecule has 0 aliphatic carbocycles. The van der Waals surface area contributed by atoms with Crippen molar-refractivity contribution < 1.29 is 13.2 Å². The second kappa shape index (κ2) is 8.45. The number of rotatable bonds is 6. The smallest absolute Gasteiger partial charge is 0.229 e. The first-order valence-electron chi connectivity index (χ1n) is 9.99. The lowest BCUT2D eigenvalue weighted by Gasteiger charge is -2.11. The Morgan fingerprint density at radius 3 is 2.61 bits per heavy atom. The molecule has 0 saturated heterocycles. The van der Waals surface area contributed by atoms with Crippen LogP contribution in [0.1, 0.15) is 5.56 Å². The van der Waals surface area contributed by atoms with E-state index in [-0.39, 0.29) is 15.6 Å². The van der Waals surface area contributed by atoms with Gasteiger partial charge in [-0.25, -0.2) is 13.4 Å². The molecule has 5 aromatic rings. The average molecular weight is 524 g/mol. The van der Waals surface area contributed by atoms with Crippen molar-refractivity contribution in [2.24, 2.45) is 0 Å². The summed E-state index contributed by atoms with van der Waals surface area (Å²) in [5.41, 5.74) is 1.85. The first-order valence-corrected chi connectivity index (χ1v) is 12.3. The molecule has 0 spiro atoms. The van der Waals surface area contributed by atoms with Crippen molar-refractivity contribution in [3.05, 3.63) is 82.8 Å². The van der Waals surface area contributed by atoms with Gasteiger partial charge in [-0.15, -0.1) is 5.10 Å². The number of para-hydroxylation sites is 1. The fourth-order valence-electron chi connectivity index (χ4n) is 3.55. The van der Waals surface area contributed by atoms with E-state index in [2.05, 4.69) is 36.5 Å². The van der Waals surface area contributed by atoms with Crippen molar-refractivity contribution in [2.45, 2.75) is 16.5 Å². The first-order chi connectivity index (χ1) is 16.0. The van der Waals surface area contributed by atoms with Crippen molar-refractivity contribution in [2.75, 3.05) is 12.4 Å². The summed E-state index contributed by atoms with van der Waals surface area (Å²) in [6.07, 6.45) is 0. The molecule has 0 amide bonds. The predicted molar refractivity (Wildman–Crippen MR) is 128 cm³/mol. The molecular formula is C23H18BrN5O3S. The molecule has 0 aliphatic heterocycles. The van der Waals surface area contributed by atoms with Crippen LogP contribution in [0.4, 0.5) is 5.82 Å². The van der Waals surface area contributed by atoms with Crippen molar-refractivity contribution in [3.63, 3.8) is 0 Å². The number of benzene rings is 3. The summed E-state index contributed by atoms with van der Waals surface area (Å²) in [6, 6.07) is 21.6. The monoisotopic (exact) mass is 523 g/mol. The highest BCUT2D eigenvalue weighted by molar-refractivity contribution is 9.10. The number of nitrogens with zero attached hydrogens (tertiary/aromatic N) is 4. The minimum atomic E-state index is -3.92. The van der Waals surface area contributed by atoms with E-state index in [1.54, 1.807) is 19.2 Å². The number of sulfone groups is 1. The fourth-order valence-corrected chi connectivity index (χ4v) is 5.05. The summed E-state index contributed by atoms with van der Waals surface area (Å²) in [6.45, 7) is 0.473. The number of hydrogen-bond acceptors (Lipinski definition) is 7. The Labute approximate surface area is 198 Å². The van der Waals surface area contributed by atoms with E-state index >= 15 is 0 Å². The van der Waals surface area contributed by atoms with Crippen LogP contribution in [0, 0.1) is 0 Å². The summed E-state index contributed by atoms with van der Waals surface area (Å²) >= 11 is 3.33. The highest BCUT2D eigenvalue weighted by Crippen LogP contribution is 2.29. The van der Waals surface area contributed by atoms with Crippen LogP contribution < -0.4 is 10.1 Å². The number of halogens is 1. The third-order valence-electron chi connectivity index (χ3n) is 5.19. The molecule has 0 radical (unpaired) electrons. The van der Waals surface area contributed by atoms with E-state index < -0.39 is 9.84 Å². The number of hydrogen-bond donors (Lipinski definition) is 1. The zero-order valence-electron chi connectivity index (χ0n) is 17.4. The van der Waals surface area contributed by atoms with Gasteiger partial charge in [0.05, 0.1) is 17.5 Å². The van der Waals surface area contributed by atoms with Gasteiger partial charge in [-0.3, -0.25) is 0 Å². The molecule has 0 atom stereocenters. The van der Waals surface area contributed by atoms with Crippen LogP contribution in [0.15, 0.2) is 87.2 Å². The quantitative estimate of drug-likeness (QED) is 0.350. The molecule has 0 bridgehead atoms. The molecule has 0 saturated carbocycles. The maximum absolute atomic E-state index is 13.3. The van der Waals surface area contributed by atoms with Gasteiger partial charge in [-0.1, -0.05) is 45.4 Å². The van der Waals surface area contributed by atoms with Gasteiger partial charge < -0.3 is 10.1 Å². The molecule has 1 N–H and O–H groups in total. The second-order valence-electron chi connectivity index (χ2n) is 7.27. The third-order valence-corrected chi connectivity index (χ3v) is 7.39. The summed E-state index contributed by atoms with van der Waals surface area (Å²) in [4.78, 5) is 4.76. The Bertz CT molecular complexity index is 1580. The van der Waals surface area contributed by atoms with Crippen LogP contribution in [0.3, 0.4) is 0 Å². The molecule has 3 aromatic carbocycles. The molecule has 0 fully saturated rings. The standard InChI is InChI=1S/C23H18BrN5O3S/c1-32-17-6-4-5-15(13-17)14-25-21-19-7-2-3-8-20(19)29-22(26-21)23(27-28-29)33(30,31)18-11-9-16(24)10-12-18/h2-13H,14H2,1H3,(H,25,26). The normalized spacial score (nSPS) is 11.7. The van der Waals surface area contributed by atoms with Crippen LogP contribution in [0.2, 0.25) is 0 Å². The second-order valence-corrected chi connectivity index (χ2v) is 10.1. The Kier molecular flexibility index (Phi) is 5.47. The van der Waals surface area contributed by atoms with Crippen molar-refractivity contribution >= 4 is 48.1 Å². The van der Waals surface area contributed by atoms with Gasteiger partial charge in [0, 0.05) is 16.4 Å². The highest BCUT2D eigenvalue weighted by Gasteiger charge is 2.27. The number of nitrogens with one attached hydrogen (secondary N) is 1. The van der Waals surface area contributed by atoms with Gasteiger partial charge in [0.15, 0.2) is 5.65 Å². The zero-order valence-corrected chi connectivity index (χ0v) is 19.8. The lowest BCUT2D eigenvalue weighted by molar-refractivity contribution is 0.414. The van der Waals surface area contributed by atoms with Gasteiger partial charge >= 0.3 is 0 Å². The fraction of sp³-hybridized carbons (Fsp3) is 0.0870. The van der Waals surface area contributed by atoms with Crippen molar-refractivity contribution in [1.29, 1.82) is 0 Å². The SMILES string of the molecule is COc1cccc(CNc2nc3c(S(=O)(=O)c4ccc(Br)cc4)nnn3c3ccccc23)c1.